The lowest BCUT2D eigenvalue weighted by atomic mass is 10.1. The number of nitrogens with zero attached hydrogens (tertiary/aromatic N) is 2. The summed E-state index contributed by atoms with van der Waals surface area (Å²) in [7, 11) is 4.98. The summed E-state index contributed by atoms with van der Waals surface area (Å²) in [6.07, 6.45) is 0. The van der Waals surface area contributed by atoms with Crippen molar-refractivity contribution < 1.29 is 14.3 Å². The van der Waals surface area contributed by atoms with Crippen molar-refractivity contribution in [2.75, 3.05) is 21.3 Å². The van der Waals surface area contributed by atoms with E-state index in [2.05, 4.69) is 15.6 Å². The van der Waals surface area contributed by atoms with Crippen LogP contribution >= 0.6 is 11.6 Å². The second-order valence-corrected chi connectivity index (χ2v) is 6.59. The van der Waals surface area contributed by atoms with Gasteiger partial charge < -0.3 is 9.47 Å². The highest BCUT2D eigenvalue weighted by molar-refractivity contribution is 6.30. The molecule has 1 heterocycles. The average Bonchev–Trinajstić information content (AvgIpc) is 3.18. The van der Waals surface area contributed by atoms with E-state index in [1.165, 1.54) is 0 Å². The molecule has 2 N–H and O–H groups in total. The number of amides is 1. The molecule has 0 radical (unpaired) electrons. The molecule has 3 aromatic rings. The zero-order valence-corrected chi connectivity index (χ0v) is 16.6. The number of ether oxygens (including phenoxy) is 2. The standard InChI is InChI=1S/C20H21ClN4O3/c1-25(12-13-4-7-15(27-2)8-5-13)24-20(26)18-11-17(22-23-18)16-9-6-14(21)10-19(16)28-3/h4-11H,12H2,1-3H3,(H,22,23)(H,24,26). The monoisotopic (exact) mass is 400 g/mol. The molecule has 0 aliphatic heterocycles. The van der Waals surface area contributed by atoms with Gasteiger partial charge in [0.25, 0.3) is 5.91 Å². The van der Waals surface area contributed by atoms with E-state index in [1.54, 1.807) is 50.5 Å². The average molecular weight is 401 g/mol. The minimum Gasteiger partial charge on any atom is -0.497 e. The Bertz CT molecular complexity index is 956. The Hall–Kier alpha value is -3.03. The zero-order chi connectivity index (χ0) is 20.1. The number of carbonyl (C=O) groups is 1. The van der Waals surface area contributed by atoms with Gasteiger partial charge in [0.1, 0.15) is 17.2 Å². The predicted octanol–water partition coefficient (Wildman–Crippen LogP) is 3.52. The molecule has 3 rings (SSSR count). The molecule has 7 nitrogen and oxygen atoms in total. The van der Waals surface area contributed by atoms with Crippen LogP contribution in [0.25, 0.3) is 11.3 Å². The Labute approximate surface area is 168 Å². The summed E-state index contributed by atoms with van der Waals surface area (Å²) in [5, 5.41) is 9.24. The molecule has 0 aliphatic rings. The van der Waals surface area contributed by atoms with Gasteiger partial charge in [0.05, 0.1) is 19.9 Å². The summed E-state index contributed by atoms with van der Waals surface area (Å²) in [5.74, 6) is 1.09. The summed E-state index contributed by atoms with van der Waals surface area (Å²) >= 11 is 5.99. The highest BCUT2D eigenvalue weighted by atomic mass is 35.5. The normalized spacial score (nSPS) is 10.8. The van der Waals surface area contributed by atoms with E-state index in [0.717, 1.165) is 16.9 Å². The molecule has 0 saturated heterocycles. The maximum absolute atomic E-state index is 12.5. The van der Waals surface area contributed by atoms with E-state index in [1.807, 2.05) is 24.3 Å². The molecule has 28 heavy (non-hydrogen) atoms. The first-order chi connectivity index (χ1) is 13.5. The smallest absolute Gasteiger partial charge is 0.283 e. The maximum Gasteiger partial charge on any atom is 0.283 e. The van der Waals surface area contributed by atoms with Crippen molar-refractivity contribution in [1.29, 1.82) is 0 Å². The van der Waals surface area contributed by atoms with Crippen LogP contribution in [-0.2, 0) is 6.54 Å². The van der Waals surface area contributed by atoms with E-state index < -0.39 is 0 Å². The van der Waals surface area contributed by atoms with Crippen LogP contribution in [0.4, 0.5) is 0 Å². The van der Waals surface area contributed by atoms with Crippen LogP contribution in [0.5, 0.6) is 11.5 Å². The number of benzene rings is 2. The highest BCUT2D eigenvalue weighted by Gasteiger charge is 2.15. The van der Waals surface area contributed by atoms with E-state index in [-0.39, 0.29) is 5.91 Å². The fraction of sp³-hybridized carbons (Fsp3) is 0.200. The molecule has 0 atom stereocenters. The first kappa shape index (κ1) is 19.7. The topological polar surface area (TPSA) is 79.5 Å². The number of H-pyrrole nitrogens is 1. The molecular formula is C20H21ClN4O3. The van der Waals surface area contributed by atoms with Crippen LogP contribution in [0.3, 0.4) is 0 Å². The van der Waals surface area contributed by atoms with Gasteiger partial charge >= 0.3 is 0 Å². The number of hydrazine groups is 1. The number of aromatic nitrogens is 2. The van der Waals surface area contributed by atoms with Gasteiger partial charge in [0, 0.05) is 24.2 Å². The maximum atomic E-state index is 12.5. The van der Waals surface area contributed by atoms with E-state index in [4.69, 9.17) is 21.1 Å². The SMILES string of the molecule is COc1ccc(CN(C)NC(=O)c2cc(-c3ccc(Cl)cc3OC)n[nH]2)cc1. The van der Waals surface area contributed by atoms with Crippen molar-refractivity contribution in [2.45, 2.75) is 6.54 Å². The van der Waals surface area contributed by atoms with Crippen molar-refractivity contribution in [3.8, 4) is 22.8 Å². The fourth-order valence-corrected chi connectivity index (χ4v) is 2.89. The van der Waals surface area contributed by atoms with Gasteiger partial charge in [-0.3, -0.25) is 15.3 Å². The number of halogens is 1. The molecule has 0 fully saturated rings. The lowest BCUT2D eigenvalue weighted by molar-refractivity contribution is 0.0814. The Balaban J connectivity index is 1.66. The molecule has 146 valence electrons. The summed E-state index contributed by atoms with van der Waals surface area (Å²) < 4.78 is 10.5. The Morgan fingerprint density at radius 2 is 1.89 bits per heavy atom. The Kier molecular flexibility index (Phi) is 6.18. The highest BCUT2D eigenvalue weighted by Crippen LogP contribution is 2.31. The van der Waals surface area contributed by atoms with E-state index in [0.29, 0.717) is 28.7 Å². The van der Waals surface area contributed by atoms with Crippen molar-refractivity contribution in [1.82, 2.24) is 20.6 Å². The van der Waals surface area contributed by atoms with E-state index >= 15 is 0 Å². The van der Waals surface area contributed by atoms with Crippen LogP contribution in [0.15, 0.2) is 48.5 Å². The van der Waals surface area contributed by atoms with Gasteiger partial charge in [0.2, 0.25) is 0 Å². The molecule has 0 bridgehead atoms. The van der Waals surface area contributed by atoms with Gasteiger partial charge in [-0.25, -0.2) is 5.01 Å². The molecule has 0 aliphatic carbocycles. The molecule has 2 aromatic carbocycles. The number of hydrogen-bond acceptors (Lipinski definition) is 5. The number of aromatic amines is 1. The Morgan fingerprint density at radius 3 is 2.57 bits per heavy atom. The summed E-state index contributed by atoms with van der Waals surface area (Å²) in [6.45, 7) is 0.543. The van der Waals surface area contributed by atoms with Crippen LogP contribution in [0.2, 0.25) is 5.02 Å². The largest absolute Gasteiger partial charge is 0.497 e. The minimum atomic E-state index is -0.289. The van der Waals surface area contributed by atoms with Gasteiger partial charge in [-0.15, -0.1) is 0 Å². The second-order valence-electron chi connectivity index (χ2n) is 6.16. The van der Waals surface area contributed by atoms with Gasteiger partial charge in [-0.05, 0) is 42.0 Å². The first-order valence-electron chi connectivity index (χ1n) is 8.54. The third-order valence-corrected chi connectivity index (χ3v) is 4.37. The number of nitrogens with one attached hydrogen (secondary N) is 2. The van der Waals surface area contributed by atoms with Gasteiger partial charge in [-0.2, -0.15) is 5.10 Å². The first-order valence-corrected chi connectivity index (χ1v) is 8.92. The van der Waals surface area contributed by atoms with Crippen LogP contribution in [-0.4, -0.2) is 42.4 Å². The molecule has 0 unspecified atom stereocenters. The zero-order valence-electron chi connectivity index (χ0n) is 15.8. The Morgan fingerprint density at radius 1 is 1.14 bits per heavy atom. The third-order valence-electron chi connectivity index (χ3n) is 4.13. The van der Waals surface area contributed by atoms with Crippen molar-refractivity contribution in [3.05, 3.63) is 64.8 Å². The quantitative estimate of drug-likeness (QED) is 0.593. The van der Waals surface area contributed by atoms with Crippen LogP contribution in [0, 0.1) is 0 Å². The van der Waals surface area contributed by atoms with E-state index in [9.17, 15) is 4.79 Å². The number of rotatable bonds is 7. The van der Waals surface area contributed by atoms with Crippen molar-refractivity contribution in [3.63, 3.8) is 0 Å². The molecule has 1 aromatic heterocycles. The van der Waals surface area contributed by atoms with Gasteiger partial charge in [0.15, 0.2) is 0 Å². The summed E-state index contributed by atoms with van der Waals surface area (Å²) in [6, 6.07) is 14.6. The summed E-state index contributed by atoms with van der Waals surface area (Å²) in [5.41, 5.74) is 5.54. The van der Waals surface area contributed by atoms with Crippen molar-refractivity contribution in [2.24, 2.45) is 0 Å². The lowest BCUT2D eigenvalue weighted by Crippen LogP contribution is -2.38. The van der Waals surface area contributed by atoms with Gasteiger partial charge in [-0.1, -0.05) is 23.7 Å². The fourth-order valence-electron chi connectivity index (χ4n) is 2.73. The minimum absolute atomic E-state index is 0.289. The molecular weight excluding hydrogens is 380 g/mol. The number of methoxy groups -OCH3 is 2. The molecule has 0 saturated carbocycles. The third kappa shape index (κ3) is 4.62. The second kappa shape index (κ2) is 8.77. The van der Waals surface area contributed by atoms with Crippen molar-refractivity contribution >= 4 is 17.5 Å². The van der Waals surface area contributed by atoms with Crippen LogP contribution in [0.1, 0.15) is 16.1 Å². The number of carbonyl (C=O) groups excluding carboxylic acids is 1. The lowest BCUT2D eigenvalue weighted by Gasteiger charge is -2.17. The molecule has 1 amide bonds. The number of hydrogen-bond donors (Lipinski definition) is 2. The summed E-state index contributed by atoms with van der Waals surface area (Å²) in [4.78, 5) is 12.5. The molecule has 0 spiro atoms. The van der Waals surface area contributed by atoms with Crippen LogP contribution < -0.4 is 14.9 Å². The predicted molar refractivity (Wildman–Crippen MR) is 108 cm³/mol. The molecule has 8 heteroatoms.